The first-order chi connectivity index (χ1) is 11.9. The molecule has 1 aromatic rings. The van der Waals surface area contributed by atoms with Crippen molar-refractivity contribution in [3.8, 4) is 11.5 Å². The average molecular weight is 352 g/mol. The molecule has 0 bridgehead atoms. The quantitative estimate of drug-likeness (QED) is 0.670. The number of carbonyl (C=O) groups is 1. The molecule has 0 unspecified atom stereocenters. The number of ether oxygens (including phenoxy) is 5. The smallest absolute Gasteiger partial charge is 0.306 e. The molecule has 0 saturated carbocycles. The molecule has 2 rings (SSSR count). The van der Waals surface area contributed by atoms with E-state index in [1.165, 1.54) is 0 Å². The molecule has 0 radical (unpaired) electrons. The fourth-order valence-corrected chi connectivity index (χ4v) is 3.03. The molecule has 0 aromatic heterocycles. The molecular weight excluding hydrogens is 324 g/mol. The van der Waals surface area contributed by atoms with Gasteiger partial charge in [0.15, 0.2) is 17.3 Å². The average Bonchev–Trinajstić information content (AvgIpc) is 2.94. The van der Waals surface area contributed by atoms with Crippen LogP contribution in [0.4, 0.5) is 0 Å². The van der Waals surface area contributed by atoms with Crippen molar-refractivity contribution in [3.63, 3.8) is 0 Å². The van der Waals surface area contributed by atoms with Crippen molar-refractivity contribution in [2.24, 2.45) is 5.92 Å². The van der Waals surface area contributed by atoms with E-state index in [0.29, 0.717) is 31.1 Å². The van der Waals surface area contributed by atoms with Gasteiger partial charge in [0, 0.05) is 5.92 Å². The third kappa shape index (κ3) is 5.34. The number of carbonyl (C=O) groups excluding carboxylic acids is 1. The standard InChI is InChI=1S/C19H28O6/c1-6-23-18(20)11-14(17-12-24-19(2,3)25-17)9-13-7-8-15(21-4)16(10-13)22-5/h7-8,10,14,17H,6,9,11-12H2,1-5H3/t14-,17-/m1/s1. The Balaban J connectivity index is 2.16. The monoisotopic (exact) mass is 352 g/mol. The second-order valence-electron chi connectivity index (χ2n) is 6.53. The molecule has 0 aliphatic carbocycles. The van der Waals surface area contributed by atoms with Crippen LogP contribution in [0.2, 0.25) is 0 Å². The molecule has 0 N–H and O–H groups in total. The summed E-state index contributed by atoms with van der Waals surface area (Å²) in [6.45, 7) is 6.40. The lowest BCUT2D eigenvalue weighted by molar-refractivity contribution is -0.153. The van der Waals surface area contributed by atoms with E-state index in [0.717, 1.165) is 5.56 Å². The van der Waals surface area contributed by atoms with Crippen LogP contribution >= 0.6 is 0 Å². The Kier molecular flexibility index (Phi) is 6.67. The predicted octanol–water partition coefficient (Wildman–Crippen LogP) is 2.97. The predicted molar refractivity (Wildman–Crippen MR) is 92.9 cm³/mol. The number of esters is 1. The molecule has 1 aliphatic heterocycles. The fraction of sp³-hybridized carbons (Fsp3) is 0.632. The Morgan fingerprint density at radius 1 is 1.28 bits per heavy atom. The van der Waals surface area contributed by atoms with Crippen LogP contribution in [0, 0.1) is 5.92 Å². The summed E-state index contributed by atoms with van der Waals surface area (Å²) in [7, 11) is 3.21. The highest BCUT2D eigenvalue weighted by Gasteiger charge is 2.38. The van der Waals surface area contributed by atoms with E-state index in [2.05, 4.69) is 0 Å². The Bertz CT molecular complexity index is 583. The first kappa shape index (κ1) is 19.5. The highest BCUT2D eigenvalue weighted by atomic mass is 16.7. The van der Waals surface area contributed by atoms with Gasteiger partial charge in [-0.1, -0.05) is 6.07 Å². The van der Waals surface area contributed by atoms with Crippen molar-refractivity contribution in [2.45, 2.75) is 45.5 Å². The Labute approximate surface area is 149 Å². The van der Waals surface area contributed by atoms with Gasteiger partial charge < -0.3 is 23.7 Å². The van der Waals surface area contributed by atoms with E-state index >= 15 is 0 Å². The summed E-state index contributed by atoms with van der Waals surface area (Å²) in [5.41, 5.74) is 1.04. The summed E-state index contributed by atoms with van der Waals surface area (Å²) in [6, 6.07) is 5.77. The number of hydrogen-bond acceptors (Lipinski definition) is 6. The minimum Gasteiger partial charge on any atom is -0.493 e. The maximum atomic E-state index is 12.0. The van der Waals surface area contributed by atoms with Gasteiger partial charge in [-0.3, -0.25) is 4.79 Å². The number of hydrogen-bond donors (Lipinski definition) is 0. The van der Waals surface area contributed by atoms with Crippen molar-refractivity contribution < 1.29 is 28.5 Å². The second kappa shape index (κ2) is 8.54. The largest absolute Gasteiger partial charge is 0.493 e. The molecule has 2 atom stereocenters. The highest BCUT2D eigenvalue weighted by molar-refractivity contribution is 5.69. The number of benzene rings is 1. The summed E-state index contributed by atoms with van der Waals surface area (Å²) < 4.78 is 27.4. The van der Waals surface area contributed by atoms with E-state index in [4.69, 9.17) is 23.7 Å². The molecule has 1 fully saturated rings. The number of rotatable bonds is 8. The van der Waals surface area contributed by atoms with Crippen LogP contribution < -0.4 is 9.47 Å². The molecule has 0 amide bonds. The minimum atomic E-state index is -0.630. The summed E-state index contributed by atoms with van der Waals surface area (Å²) in [4.78, 5) is 12.0. The fourth-order valence-electron chi connectivity index (χ4n) is 3.03. The third-order valence-electron chi connectivity index (χ3n) is 4.24. The Morgan fingerprint density at radius 3 is 2.56 bits per heavy atom. The first-order valence-corrected chi connectivity index (χ1v) is 8.56. The van der Waals surface area contributed by atoms with E-state index in [9.17, 15) is 4.79 Å². The Morgan fingerprint density at radius 2 is 2.00 bits per heavy atom. The molecule has 1 aliphatic rings. The lowest BCUT2D eigenvalue weighted by Crippen LogP contribution is -2.30. The molecular formula is C19H28O6. The molecule has 1 heterocycles. The van der Waals surface area contributed by atoms with Gasteiger partial charge in [-0.05, 0) is 44.9 Å². The van der Waals surface area contributed by atoms with Crippen molar-refractivity contribution >= 4 is 5.97 Å². The van der Waals surface area contributed by atoms with E-state index in [1.54, 1.807) is 21.1 Å². The van der Waals surface area contributed by atoms with Gasteiger partial charge in [0.2, 0.25) is 0 Å². The van der Waals surface area contributed by atoms with Crippen molar-refractivity contribution in [1.29, 1.82) is 0 Å². The van der Waals surface area contributed by atoms with Crippen LogP contribution in [0.15, 0.2) is 18.2 Å². The minimum absolute atomic E-state index is 0.0427. The topological polar surface area (TPSA) is 63.2 Å². The zero-order chi connectivity index (χ0) is 18.4. The Hall–Kier alpha value is -1.79. The second-order valence-corrected chi connectivity index (χ2v) is 6.53. The van der Waals surface area contributed by atoms with Gasteiger partial charge in [0.05, 0.1) is 40.0 Å². The summed E-state index contributed by atoms with van der Waals surface area (Å²) in [6.07, 6.45) is 0.780. The van der Waals surface area contributed by atoms with E-state index in [-0.39, 0.29) is 24.4 Å². The van der Waals surface area contributed by atoms with E-state index < -0.39 is 5.79 Å². The summed E-state index contributed by atoms with van der Waals surface area (Å²) in [5, 5.41) is 0. The number of methoxy groups -OCH3 is 2. The van der Waals surface area contributed by atoms with Crippen molar-refractivity contribution in [3.05, 3.63) is 23.8 Å². The lowest BCUT2D eigenvalue weighted by atomic mass is 9.91. The van der Waals surface area contributed by atoms with Crippen LogP contribution in [0.1, 0.15) is 32.8 Å². The molecule has 1 aromatic carbocycles. The van der Waals surface area contributed by atoms with Crippen LogP contribution in [0.3, 0.4) is 0 Å². The van der Waals surface area contributed by atoms with E-state index in [1.807, 2.05) is 32.0 Å². The normalized spacial score (nSPS) is 20.1. The highest BCUT2D eigenvalue weighted by Crippen LogP contribution is 2.33. The molecule has 25 heavy (non-hydrogen) atoms. The van der Waals surface area contributed by atoms with Crippen LogP contribution in [0.25, 0.3) is 0 Å². The molecule has 140 valence electrons. The molecule has 1 saturated heterocycles. The zero-order valence-electron chi connectivity index (χ0n) is 15.7. The van der Waals surface area contributed by atoms with Gasteiger partial charge in [0.1, 0.15) is 0 Å². The van der Waals surface area contributed by atoms with Crippen molar-refractivity contribution in [2.75, 3.05) is 27.4 Å². The summed E-state index contributed by atoms with van der Waals surface area (Å²) >= 11 is 0. The molecule has 0 spiro atoms. The van der Waals surface area contributed by atoms with Crippen LogP contribution in [-0.2, 0) is 25.4 Å². The molecule has 6 heteroatoms. The van der Waals surface area contributed by atoms with Gasteiger partial charge in [0.25, 0.3) is 0 Å². The third-order valence-corrected chi connectivity index (χ3v) is 4.24. The zero-order valence-corrected chi connectivity index (χ0v) is 15.7. The van der Waals surface area contributed by atoms with Crippen LogP contribution in [0.5, 0.6) is 11.5 Å². The maximum absolute atomic E-state index is 12.0. The van der Waals surface area contributed by atoms with Crippen molar-refractivity contribution in [1.82, 2.24) is 0 Å². The SMILES string of the molecule is CCOC(=O)C[C@@H](Cc1ccc(OC)c(OC)c1)[C@H]1COC(C)(C)O1. The van der Waals surface area contributed by atoms with Crippen LogP contribution in [-0.4, -0.2) is 45.3 Å². The van der Waals surface area contributed by atoms with Gasteiger partial charge >= 0.3 is 5.97 Å². The van der Waals surface area contributed by atoms with Gasteiger partial charge in [-0.2, -0.15) is 0 Å². The maximum Gasteiger partial charge on any atom is 0.306 e. The first-order valence-electron chi connectivity index (χ1n) is 8.56. The molecule has 6 nitrogen and oxygen atoms in total. The lowest BCUT2D eigenvalue weighted by Gasteiger charge is -2.24. The van der Waals surface area contributed by atoms with Gasteiger partial charge in [-0.25, -0.2) is 0 Å². The summed E-state index contributed by atoms with van der Waals surface area (Å²) in [5.74, 6) is 0.448. The van der Waals surface area contributed by atoms with Gasteiger partial charge in [-0.15, -0.1) is 0 Å².